The summed E-state index contributed by atoms with van der Waals surface area (Å²) in [7, 11) is 0. The predicted octanol–water partition coefficient (Wildman–Crippen LogP) is 5.17. The number of halogens is 1. The Morgan fingerprint density at radius 2 is 1.94 bits per heavy atom. The van der Waals surface area contributed by atoms with Crippen molar-refractivity contribution in [3.8, 4) is 5.75 Å². The number of ether oxygens (including phenoxy) is 1. The van der Waals surface area contributed by atoms with Gasteiger partial charge in [-0.05, 0) is 58.5 Å². The predicted molar refractivity (Wildman–Crippen MR) is 125 cm³/mol. The Morgan fingerprint density at radius 3 is 2.59 bits per heavy atom. The summed E-state index contributed by atoms with van der Waals surface area (Å²) in [6.07, 6.45) is 6.92. The van der Waals surface area contributed by atoms with Gasteiger partial charge in [-0.2, -0.15) is 5.10 Å². The minimum absolute atomic E-state index is 0.0446. The second-order valence-electron chi connectivity index (χ2n) is 7.32. The molecule has 0 amide bonds. The lowest BCUT2D eigenvalue weighted by atomic mass is 9.94. The molecule has 5 nitrogen and oxygen atoms in total. The van der Waals surface area contributed by atoms with Crippen molar-refractivity contribution in [2.45, 2.75) is 12.1 Å². The van der Waals surface area contributed by atoms with Gasteiger partial charge in [-0.3, -0.25) is 0 Å². The van der Waals surface area contributed by atoms with Crippen LogP contribution in [0.3, 0.4) is 0 Å². The molecule has 0 fully saturated rings. The molecular formula is C25H22FN3O2S. The van der Waals surface area contributed by atoms with E-state index in [-0.39, 0.29) is 19.0 Å². The summed E-state index contributed by atoms with van der Waals surface area (Å²) in [5.74, 6) is 0.227. The van der Waals surface area contributed by atoms with E-state index in [4.69, 9.17) is 4.74 Å². The summed E-state index contributed by atoms with van der Waals surface area (Å²) < 4.78 is 20.8. The molecule has 0 saturated carbocycles. The number of thiophene rings is 1. The van der Waals surface area contributed by atoms with Gasteiger partial charge in [0, 0.05) is 4.88 Å². The van der Waals surface area contributed by atoms with E-state index in [2.05, 4.69) is 16.7 Å². The van der Waals surface area contributed by atoms with Crippen molar-refractivity contribution in [1.82, 2.24) is 14.8 Å². The highest BCUT2D eigenvalue weighted by Gasteiger charge is 2.32. The lowest BCUT2D eigenvalue weighted by Gasteiger charge is -2.28. The molecular weight excluding hydrogens is 425 g/mol. The van der Waals surface area contributed by atoms with Crippen molar-refractivity contribution < 1.29 is 14.2 Å². The molecule has 7 heteroatoms. The van der Waals surface area contributed by atoms with Gasteiger partial charge in [0.1, 0.15) is 36.4 Å². The fourth-order valence-corrected chi connectivity index (χ4v) is 3.81. The Balaban J connectivity index is 1.45. The van der Waals surface area contributed by atoms with Crippen LogP contribution in [-0.2, 0) is 12.1 Å². The molecule has 1 unspecified atom stereocenters. The number of allylic oxidation sites excluding steroid dienone is 2. The van der Waals surface area contributed by atoms with E-state index in [9.17, 15) is 9.50 Å². The molecule has 2 heterocycles. The van der Waals surface area contributed by atoms with Crippen LogP contribution < -0.4 is 4.74 Å². The Morgan fingerprint density at radius 1 is 1.16 bits per heavy atom. The zero-order chi connectivity index (χ0) is 22.4. The van der Waals surface area contributed by atoms with Gasteiger partial charge in [0.2, 0.25) is 0 Å². The molecule has 0 aliphatic carbocycles. The number of hydrogen-bond donors (Lipinski definition) is 1. The van der Waals surface area contributed by atoms with Crippen LogP contribution in [0, 0.1) is 5.82 Å². The summed E-state index contributed by atoms with van der Waals surface area (Å²) in [6.45, 7) is 4.19. The molecule has 0 aliphatic rings. The fraction of sp³-hybridized carbons (Fsp3) is 0.120. The molecule has 1 atom stereocenters. The SMILES string of the molecule is C=C(/C=C/c1cccs1)c1ccc(OCC(O)(Cn2cncn2)c2ccc(F)cc2)cc1. The van der Waals surface area contributed by atoms with Gasteiger partial charge in [0.15, 0.2) is 0 Å². The number of aliphatic hydroxyl groups is 1. The smallest absolute Gasteiger partial charge is 0.143 e. The number of rotatable bonds is 9. The highest BCUT2D eigenvalue weighted by molar-refractivity contribution is 7.10. The zero-order valence-electron chi connectivity index (χ0n) is 17.3. The van der Waals surface area contributed by atoms with Crippen LogP contribution in [0.2, 0.25) is 0 Å². The molecule has 1 N–H and O–H groups in total. The molecule has 2 aromatic heterocycles. The van der Waals surface area contributed by atoms with E-state index in [0.29, 0.717) is 11.3 Å². The topological polar surface area (TPSA) is 60.2 Å². The van der Waals surface area contributed by atoms with Crippen molar-refractivity contribution in [3.05, 3.63) is 113 Å². The molecule has 2 aromatic carbocycles. The van der Waals surface area contributed by atoms with Crippen molar-refractivity contribution in [2.24, 2.45) is 0 Å². The van der Waals surface area contributed by atoms with Crippen LogP contribution in [-0.4, -0.2) is 26.5 Å². The number of aromatic nitrogens is 3. The Labute approximate surface area is 189 Å². The summed E-state index contributed by atoms with van der Waals surface area (Å²) in [5, 5.41) is 17.5. The van der Waals surface area contributed by atoms with Crippen molar-refractivity contribution in [2.75, 3.05) is 6.61 Å². The van der Waals surface area contributed by atoms with E-state index >= 15 is 0 Å². The highest BCUT2D eigenvalue weighted by atomic mass is 32.1. The number of benzene rings is 2. The minimum atomic E-state index is -1.42. The normalized spacial score (nSPS) is 13.2. The minimum Gasteiger partial charge on any atom is -0.490 e. The van der Waals surface area contributed by atoms with E-state index < -0.39 is 5.60 Å². The first-order valence-corrected chi connectivity index (χ1v) is 10.8. The largest absolute Gasteiger partial charge is 0.490 e. The third-order valence-electron chi connectivity index (χ3n) is 4.97. The highest BCUT2D eigenvalue weighted by Crippen LogP contribution is 2.26. The molecule has 0 bridgehead atoms. The van der Waals surface area contributed by atoms with Gasteiger partial charge in [0.05, 0.1) is 6.54 Å². The maximum Gasteiger partial charge on any atom is 0.143 e. The lowest BCUT2D eigenvalue weighted by Crippen LogP contribution is -2.38. The van der Waals surface area contributed by atoms with Gasteiger partial charge >= 0.3 is 0 Å². The zero-order valence-corrected chi connectivity index (χ0v) is 18.1. The molecule has 0 aliphatic heterocycles. The molecule has 32 heavy (non-hydrogen) atoms. The average Bonchev–Trinajstić information content (AvgIpc) is 3.51. The Kier molecular flexibility index (Phi) is 6.58. The van der Waals surface area contributed by atoms with Crippen LogP contribution in [0.5, 0.6) is 5.75 Å². The second-order valence-corrected chi connectivity index (χ2v) is 8.30. The van der Waals surface area contributed by atoms with E-state index in [1.54, 1.807) is 23.5 Å². The third kappa shape index (κ3) is 5.38. The van der Waals surface area contributed by atoms with Crippen molar-refractivity contribution in [3.63, 3.8) is 0 Å². The number of nitrogens with zero attached hydrogens (tertiary/aromatic N) is 3. The van der Waals surface area contributed by atoms with Gasteiger partial charge in [-0.1, -0.05) is 43.0 Å². The molecule has 4 rings (SSSR count). The molecule has 0 spiro atoms. The lowest BCUT2D eigenvalue weighted by molar-refractivity contribution is -0.0270. The van der Waals surface area contributed by atoms with Crippen molar-refractivity contribution >= 4 is 23.0 Å². The second kappa shape index (κ2) is 9.72. The van der Waals surface area contributed by atoms with E-state index in [1.807, 2.05) is 53.9 Å². The maximum absolute atomic E-state index is 13.4. The maximum atomic E-state index is 13.4. The van der Waals surface area contributed by atoms with Crippen LogP contribution in [0.1, 0.15) is 16.0 Å². The van der Waals surface area contributed by atoms with Gasteiger partial charge < -0.3 is 9.84 Å². The number of hydrogen-bond acceptors (Lipinski definition) is 5. The Bertz CT molecular complexity index is 1170. The third-order valence-corrected chi connectivity index (χ3v) is 5.80. The molecule has 4 aromatic rings. The summed E-state index contributed by atoms with van der Waals surface area (Å²) in [6, 6.07) is 17.3. The fourth-order valence-electron chi connectivity index (χ4n) is 3.20. The van der Waals surface area contributed by atoms with Crippen molar-refractivity contribution in [1.29, 1.82) is 0 Å². The quantitative estimate of drug-likeness (QED) is 0.360. The van der Waals surface area contributed by atoms with Gasteiger partial charge in [-0.15, -0.1) is 11.3 Å². The van der Waals surface area contributed by atoms with Crippen LogP contribution in [0.4, 0.5) is 4.39 Å². The summed E-state index contributed by atoms with van der Waals surface area (Å²) in [4.78, 5) is 5.08. The first kappa shape index (κ1) is 21.7. The Hall–Kier alpha value is -3.55. The van der Waals surface area contributed by atoms with E-state index in [1.165, 1.54) is 34.3 Å². The monoisotopic (exact) mass is 447 g/mol. The molecule has 0 radical (unpaired) electrons. The molecule has 162 valence electrons. The van der Waals surface area contributed by atoms with Gasteiger partial charge in [0.25, 0.3) is 0 Å². The summed E-state index contributed by atoms with van der Waals surface area (Å²) >= 11 is 1.67. The first-order chi connectivity index (χ1) is 15.5. The van der Waals surface area contributed by atoms with Gasteiger partial charge in [-0.25, -0.2) is 14.1 Å². The standard InChI is InChI=1S/C25H22FN3O2S/c1-19(4-13-24-3-2-14-32-24)20-5-11-23(12-6-20)31-16-25(30,15-29-18-27-17-28-29)21-7-9-22(26)10-8-21/h2-14,17-18,30H,1,15-16H2/b13-4+. The van der Waals surface area contributed by atoms with Crippen LogP contribution in [0.15, 0.2) is 91.4 Å². The first-order valence-electron chi connectivity index (χ1n) is 9.96. The average molecular weight is 448 g/mol. The van der Waals surface area contributed by atoms with Crippen LogP contribution >= 0.6 is 11.3 Å². The van der Waals surface area contributed by atoms with E-state index in [0.717, 1.165) is 11.1 Å². The van der Waals surface area contributed by atoms with Crippen LogP contribution in [0.25, 0.3) is 11.6 Å². The molecule has 0 saturated heterocycles. The summed E-state index contributed by atoms with van der Waals surface area (Å²) in [5.41, 5.74) is 0.964.